The number of hydrogen-bond donors (Lipinski definition) is 2. The molecule has 2 N–H and O–H groups in total. The molecule has 0 aliphatic carbocycles. The smallest absolute Gasteiger partial charge is 0.223 e. The zero-order chi connectivity index (χ0) is 15.0. The average molecular weight is 344 g/mol. The summed E-state index contributed by atoms with van der Waals surface area (Å²) in [6.07, 6.45) is 0.522. The molecule has 0 aromatic heterocycles. The van der Waals surface area contributed by atoms with Gasteiger partial charge in [-0.1, -0.05) is 35.8 Å². The second kappa shape index (κ2) is 8.97. The van der Waals surface area contributed by atoms with Gasteiger partial charge in [-0.05, 0) is 30.5 Å². The van der Waals surface area contributed by atoms with Crippen molar-refractivity contribution in [1.82, 2.24) is 5.32 Å². The summed E-state index contributed by atoms with van der Waals surface area (Å²) in [6, 6.07) is 7.50. The van der Waals surface area contributed by atoms with Crippen molar-refractivity contribution in [1.29, 1.82) is 0 Å². The van der Waals surface area contributed by atoms with Crippen molar-refractivity contribution in [2.45, 2.75) is 32.8 Å². The monoisotopic (exact) mass is 343 g/mol. The molecule has 20 heavy (non-hydrogen) atoms. The van der Waals surface area contributed by atoms with Gasteiger partial charge in [-0.15, -0.1) is 0 Å². The van der Waals surface area contributed by atoms with Crippen molar-refractivity contribution in [2.75, 3.05) is 13.2 Å². The number of rotatable bonds is 8. The lowest BCUT2D eigenvalue weighted by Gasteiger charge is -2.14. The van der Waals surface area contributed by atoms with Gasteiger partial charge in [-0.25, -0.2) is 0 Å². The lowest BCUT2D eigenvalue weighted by atomic mass is 10.0. The average Bonchev–Trinajstić information content (AvgIpc) is 2.38. The highest BCUT2D eigenvalue weighted by Gasteiger charge is 2.09. The van der Waals surface area contributed by atoms with E-state index in [1.54, 1.807) is 0 Å². The van der Waals surface area contributed by atoms with Crippen molar-refractivity contribution >= 4 is 21.8 Å². The lowest BCUT2D eigenvalue weighted by molar-refractivity contribution is -0.121. The van der Waals surface area contributed by atoms with Crippen LogP contribution in [0.1, 0.15) is 26.7 Å². The van der Waals surface area contributed by atoms with E-state index >= 15 is 0 Å². The van der Waals surface area contributed by atoms with E-state index in [4.69, 9.17) is 4.74 Å². The lowest BCUT2D eigenvalue weighted by Crippen LogP contribution is -2.29. The number of aliphatic hydroxyl groups excluding tert-OH is 1. The molecule has 0 saturated carbocycles. The van der Waals surface area contributed by atoms with Crippen LogP contribution >= 0.6 is 15.9 Å². The molecular weight excluding hydrogens is 322 g/mol. The summed E-state index contributed by atoms with van der Waals surface area (Å²) < 4.78 is 6.43. The molecule has 0 radical (unpaired) electrons. The third-order valence-electron chi connectivity index (χ3n) is 2.93. The maximum Gasteiger partial charge on any atom is 0.223 e. The first-order valence-corrected chi connectivity index (χ1v) is 7.61. The highest BCUT2D eigenvalue weighted by molar-refractivity contribution is 9.10. The van der Waals surface area contributed by atoms with E-state index in [9.17, 15) is 9.90 Å². The predicted molar refractivity (Wildman–Crippen MR) is 82.7 cm³/mol. The summed E-state index contributed by atoms with van der Waals surface area (Å²) in [6.45, 7) is 4.75. The number of benzene rings is 1. The van der Waals surface area contributed by atoms with Crippen molar-refractivity contribution in [3.05, 3.63) is 28.7 Å². The molecule has 0 bridgehead atoms. The van der Waals surface area contributed by atoms with E-state index in [1.807, 2.05) is 38.1 Å². The highest BCUT2D eigenvalue weighted by Crippen LogP contribution is 2.17. The zero-order valence-electron chi connectivity index (χ0n) is 11.9. The van der Waals surface area contributed by atoms with Crippen LogP contribution in [-0.4, -0.2) is 30.3 Å². The Morgan fingerprint density at radius 3 is 2.85 bits per heavy atom. The molecule has 0 heterocycles. The third kappa shape index (κ3) is 6.91. The summed E-state index contributed by atoms with van der Waals surface area (Å²) in [5.41, 5.74) is 0. The van der Waals surface area contributed by atoms with Crippen molar-refractivity contribution < 1.29 is 14.6 Å². The van der Waals surface area contributed by atoms with Crippen molar-refractivity contribution in [3.63, 3.8) is 0 Å². The summed E-state index contributed by atoms with van der Waals surface area (Å²) >= 11 is 3.36. The van der Waals surface area contributed by atoms with Gasteiger partial charge >= 0.3 is 0 Å². The molecule has 0 saturated heterocycles. The second-order valence-corrected chi connectivity index (χ2v) is 5.92. The van der Waals surface area contributed by atoms with Crippen LogP contribution in [0.25, 0.3) is 0 Å². The number of halogens is 1. The molecule has 1 aromatic rings. The molecule has 0 aliphatic rings. The molecule has 1 amide bonds. The third-order valence-corrected chi connectivity index (χ3v) is 3.42. The van der Waals surface area contributed by atoms with Gasteiger partial charge in [0.2, 0.25) is 5.91 Å². The summed E-state index contributed by atoms with van der Waals surface area (Å²) in [7, 11) is 0. The standard InChI is InChI=1S/C15H22BrNO3/c1-11(2)14(18)6-8-17-15(19)7-9-20-13-5-3-4-12(16)10-13/h3-5,10-11,14,18H,6-9H2,1-2H3,(H,17,19). The number of aliphatic hydroxyl groups is 1. The van der Waals surface area contributed by atoms with Gasteiger partial charge in [0.05, 0.1) is 19.1 Å². The molecule has 1 unspecified atom stereocenters. The number of carbonyl (C=O) groups excluding carboxylic acids is 1. The number of amides is 1. The Morgan fingerprint density at radius 2 is 2.20 bits per heavy atom. The van der Waals surface area contributed by atoms with Gasteiger partial charge in [0.1, 0.15) is 5.75 Å². The first-order valence-electron chi connectivity index (χ1n) is 6.82. The normalized spacial score (nSPS) is 12.2. The molecule has 0 fully saturated rings. The van der Waals surface area contributed by atoms with Gasteiger partial charge in [-0.2, -0.15) is 0 Å². The summed E-state index contributed by atoms with van der Waals surface area (Å²) in [5.74, 6) is 0.894. The minimum atomic E-state index is -0.367. The van der Waals surface area contributed by atoms with Crippen LogP contribution in [0.2, 0.25) is 0 Å². The van der Waals surface area contributed by atoms with Crippen LogP contribution < -0.4 is 10.1 Å². The molecular formula is C15H22BrNO3. The molecule has 0 aliphatic heterocycles. The largest absolute Gasteiger partial charge is 0.493 e. The molecule has 4 nitrogen and oxygen atoms in total. The van der Waals surface area contributed by atoms with Crippen LogP contribution in [0.4, 0.5) is 0 Å². The molecule has 112 valence electrons. The topological polar surface area (TPSA) is 58.6 Å². The Kier molecular flexibility index (Phi) is 7.62. The molecule has 1 aromatic carbocycles. The highest BCUT2D eigenvalue weighted by atomic mass is 79.9. The first-order chi connectivity index (χ1) is 9.49. The Bertz CT molecular complexity index is 423. The number of ether oxygens (including phenoxy) is 1. The van der Waals surface area contributed by atoms with Crippen LogP contribution in [0, 0.1) is 5.92 Å². The quantitative estimate of drug-likeness (QED) is 0.762. The van der Waals surface area contributed by atoms with Crippen LogP contribution in [0.5, 0.6) is 5.75 Å². The molecule has 1 atom stereocenters. The fraction of sp³-hybridized carbons (Fsp3) is 0.533. The zero-order valence-corrected chi connectivity index (χ0v) is 13.5. The summed E-state index contributed by atoms with van der Waals surface area (Å²) in [4.78, 5) is 11.6. The minimum absolute atomic E-state index is 0.0593. The van der Waals surface area contributed by atoms with E-state index < -0.39 is 0 Å². The number of nitrogens with one attached hydrogen (secondary N) is 1. The van der Waals surface area contributed by atoms with E-state index in [2.05, 4.69) is 21.2 Å². The number of carbonyl (C=O) groups is 1. The fourth-order valence-electron chi connectivity index (χ4n) is 1.60. The molecule has 1 rings (SSSR count). The van der Waals surface area contributed by atoms with Gasteiger partial charge in [0, 0.05) is 11.0 Å². The molecule has 5 heteroatoms. The van der Waals surface area contributed by atoms with Crippen LogP contribution in [-0.2, 0) is 4.79 Å². The van der Waals surface area contributed by atoms with Crippen LogP contribution in [0.3, 0.4) is 0 Å². The molecule has 0 spiro atoms. The fourth-order valence-corrected chi connectivity index (χ4v) is 1.98. The van der Waals surface area contributed by atoms with E-state index in [0.29, 0.717) is 26.0 Å². The van der Waals surface area contributed by atoms with Gasteiger partial charge in [-0.3, -0.25) is 4.79 Å². The Balaban J connectivity index is 2.14. The first kappa shape index (κ1) is 17.0. The van der Waals surface area contributed by atoms with Crippen LogP contribution in [0.15, 0.2) is 28.7 Å². The maximum atomic E-state index is 11.6. The van der Waals surface area contributed by atoms with Gasteiger partial charge < -0.3 is 15.2 Å². The maximum absolute atomic E-state index is 11.6. The van der Waals surface area contributed by atoms with E-state index in [1.165, 1.54) is 0 Å². The van der Waals surface area contributed by atoms with Gasteiger partial charge in [0.15, 0.2) is 0 Å². The Hall–Kier alpha value is -1.07. The predicted octanol–water partition coefficient (Wildman–Crippen LogP) is 2.74. The van der Waals surface area contributed by atoms with E-state index in [0.717, 1.165) is 10.2 Å². The second-order valence-electron chi connectivity index (χ2n) is 5.01. The van der Waals surface area contributed by atoms with Gasteiger partial charge in [0.25, 0.3) is 0 Å². The number of hydrogen-bond acceptors (Lipinski definition) is 3. The minimum Gasteiger partial charge on any atom is -0.493 e. The van der Waals surface area contributed by atoms with Crippen molar-refractivity contribution in [2.24, 2.45) is 5.92 Å². The summed E-state index contributed by atoms with van der Waals surface area (Å²) in [5, 5.41) is 12.4. The van der Waals surface area contributed by atoms with E-state index in [-0.39, 0.29) is 17.9 Å². The Morgan fingerprint density at radius 1 is 1.45 bits per heavy atom. The Labute approximate surface area is 128 Å². The SMILES string of the molecule is CC(C)C(O)CCNC(=O)CCOc1cccc(Br)c1. The van der Waals surface area contributed by atoms with Crippen molar-refractivity contribution in [3.8, 4) is 5.75 Å².